The third-order valence-electron chi connectivity index (χ3n) is 3.96. The molecule has 1 aromatic rings. The molecule has 1 saturated heterocycles. The Hall–Kier alpha value is -0.860. The summed E-state index contributed by atoms with van der Waals surface area (Å²) >= 11 is 0. The third kappa shape index (κ3) is 3.08. The second-order valence-electron chi connectivity index (χ2n) is 5.42. The van der Waals surface area contributed by atoms with Gasteiger partial charge in [0.2, 0.25) is 0 Å². The van der Waals surface area contributed by atoms with Crippen LogP contribution in [0.4, 0.5) is 0 Å². The SMILES string of the molecule is c1cc(C2CCNCC2)ccc1CNC1CC1. The van der Waals surface area contributed by atoms with E-state index in [4.69, 9.17) is 0 Å². The Labute approximate surface area is 104 Å². The maximum absolute atomic E-state index is 3.56. The maximum Gasteiger partial charge on any atom is 0.0208 e. The highest BCUT2D eigenvalue weighted by molar-refractivity contribution is 5.26. The van der Waals surface area contributed by atoms with Gasteiger partial charge in [0.05, 0.1) is 0 Å². The van der Waals surface area contributed by atoms with Crippen molar-refractivity contribution in [2.75, 3.05) is 13.1 Å². The van der Waals surface area contributed by atoms with Gasteiger partial charge in [0.1, 0.15) is 0 Å². The first-order valence-electron chi connectivity index (χ1n) is 6.95. The van der Waals surface area contributed by atoms with Gasteiger partial charge in [0.15, 0.2) is 0 Å². The molecule has 17 heavy (non-hydrogen) atoms. The van der Waals surface area contributed by atoms with Crippen LogP contribution in [-0.4, -0.2) is 19.1 Å². The van der Waals surface area contributed by atoms with Gasteiger partial charge in [-0.05, 0) is 55.8 Å². The molecule has 2 heteroatoms. The van der Waals surface area contributed by atoms with Crippen LogP contribution in [0, 0.1) is 0 Å². The Morgan fingerprint density at radius 2 is 1.71 bits per heavy atom. The zero-order valence-corrected chi connectivity index (χ0v) is 10.4. The summed E-state index contributed by atoms with van der Waals surface area (Å²) in [4.78, 5) is 0. The van der Waals surface area contributed by atoms with Crippen LogP contribution in [0.25, 0.3) is 0 Å². The van der Waals surface area contributed by atoms with E-state index in [0.717, 1.165) is 18.5 Å². The van der Waals surface area contributed by atoms with Gasteiger partial charge < -0.3 is 10.6 Å². The van der Waals surface area contributed by atoms with E-state index in [9.17, 15) is 0 Å². The van der Waals surface area contributed by atoms with Crippen molar-refractivity contribution in [3.63, 3.8) is 0 Å². The number of hydrogen-bond acceptors (Lipinski definition) is 2. The monoisotopic (exact) mass is 230 g/mol. The van der Waals surface area contributed by atoms with E-state index in [1.165, 1.54) is 49.9 Å². The van der Waals surface area contributed by atoms with E-state index in [-0.39, 0.29) is 0 Å². The molecular weight excluding hydrogens is 208 g/mol. The first-order valence-corrected chi connectivity index (χ1v) is 6.95. The maximum atomic E-state index is 3.56. The second-order valence-corrected chi connectivity index (χ2v) is 5.42. The average Bonchev–Trinajstić information content (AvgIpc) is 3.22. The van der Waals surface area contributed by atoms with Gasteiger partial charge in [-0.3, -0.25) is 0 Å². The van der Waals surface area contributed by atoms with Crippen molar-refractivity contribution in [1.82, 2.24) is 10.6 Å². The summed E-state index contributed by atoms with van der Waals surface area (Å²) < 4.78 is 0. The number of hydrogen-bond donors (Lipinski definition) is 2. The van der Waals surface area contributed by atoms with Crippen LogP contribution in [0.15, 0.2) is 24.3 Å². The van der Waals surface area contributed by atoms with Gasteiger partial charge in [-0.15, -0.1) is 0 Å². The molecule has 0 aromatic heterocycles. The summed E-state index contributed by atoms with van der Waals surface area (Å²) in [5.74, 6) is 0.779. The van der Waals surface area contributed by atoms with Crippen molar-refractivity contribution >= 4 is 0 Å². The lowest BCUT2D eigenvalue weighted by atomic mass is 9.90. The molecule has 1 heterocycles. The predicted octanol–water partition coefficient (Wildman–Crippen LogP) is 2.41. The number of piperidine rings is 1. The average molecular weight is 230 g/mol. The highest BCUT2D eigenvalue weighted by atomic mass is 14.9. The normalized spacial score (nSPS) is 21.6. The Bertz CT molecular complexity index is 348. The van der Waals surface area contributed by atoms with Crippen LogP contribution < -0.4 is 10.6 Å². The lowest BCUT2D eigenvalue weighted by Crippen LogP contribution is -2.26. The van der Waals surface area contributed by atoms with E-state index in [2.05, 4.69) is 34.9 Å². The van der Waals surface area contributed by atoms with Crippen LogP contribution >= 0.6 is 0 Å². The van der Waals surface area contributed by atoms with Crippen LogP contribution in [0.1, 0.15) is 42.7 Å². The van der Waals surface area contributed by atoms with Crippen molar-refractivity contribution in [3.05, 3.63) is 35.4 Å². The fourth-order valence-electron chi connectivity index (χ4n) is 2.61. The summed E-state index contributed by atoms with van der Waals surface area (Å²) in [5, 5.41) is 6.99. The van der Waals surface area contributed by atoms with Crippen LogP contribution in [0.2, 0.25) is 0 Å². The third-order valence-corrected chi connectivity index (χ3v) is 3.96. The summed E-state index contributed by atoms with van der Waals surface area (Å²) in [6.45, 7) is 3.39. The minimum atomic E-state index is 0.779. The van der Waals surface area contributed by atoms with E-state index >= 15 is 0 Å². The molecule has 0 atom stereocenters. The van der Waals surface area contributed by atoms with Gasteiger partial charge in [0.25, 0.3) is 0 Å². The first kappa shape index (κ1) is 11.2. The highest BCUT2D eigenvalue weighted by Crippen LogP contribution is 2.25. The predicted molar refractivity (Wildman–Crippen MR) is 71.1 cm³/mol. The fourth-order valence-corrected chi connectivity index (χ4v) is 2.61. The van der Waals surface area contributed by atoms with Gasteiger partial charge in [-0.2, -0.15) is 0 Å². The molecule has 0 radical (unpaired) electrons. The zero-order valence-electron chi connectivity index (χ0n) is 10.4. The first-order chi connectivity index (χ1) is 8.42. The van der Waals surface area contributed by atoms with Crippen molar-refractivity contribution in [2.45, 2.75) is 44.2 Å². The molecule has 2 nitrogen and oxygen atoms in total. The quantitative estimate of drug-likeness (QED) is 0.830. The standard InChI is InChI=1S/C15H22N2/c1-3-13(14-7-9-16-10-8-14)4-2-12(1)11-17-15-5-6-15/h1-4,14-17H,5-11H2. The van der Waals surface area contributed by atoms with E-state index in [1.54, 1.807) is 0 Å². The van der Waals surface area contributed by atoms with E-state index in [0.29, 0.717) is 0 Å². The van der Waals surface area contributed by atoms with Crippen molar-refractivity contribution in [2.24, 2.45) is 0 Å². The molecule has 0 amide bonds. The molecule has 0 spiro atoms. The molecule has 1 aliphatic heterocycles. The molecule has 2 N–H and O–H groups in total. The topological polar surface area (TPSA) is 24.1 Å². The van der Waals surface area contributed by atoms with Gasteiger partial charge in [0, 0.05) is 12.6 Å². The minimum absolute atomic E-state index is 0.779. The molecule has 3 rings (SSSR count). The summed E-state index contributed by atoms with van der Waals surface area (Å²) in [6.07, 6.45) is 5.32. The lowest BCUT2D eigenvalue weighted by molar-refractivity contribution is 0.460. The molecule has 2 aliphatic rings. The zero-order chi connectivity index (χ0) is 11.5. The fraction of sp³-hybridized carbons (Fsp3) is 0.600. The summed E-state index contributed by atoms with van der Waals surface area (Å²) in [7, 11) is 0. The molecule has 0 bridgehead atoms. The number of rotatable bonds is 4. The molecule has 2 fully saturated rings. The number of benzene rings is 1. The second kappa shape index (κ2) is 5.19. The Morgan fingerprint density at radius 3 is 2.35 bits per heavy atom. The summed E-state index contributed by atoms with van der Waals surface area (Å²) in [5.41, 5.74) is 2.95. The Balaban J connectivity index is 1.58. The van der Waals surface area contributed by atoms with Gasteiger partial charge in [-0.1, -0.05) is 24.3 Å². The van der Waals surface area contributed by atoms with E-state index in [1.807, 2.05) is 0 Å². The molecule has 92 valence electrons. The molecular formula is C15H22N2. The largest absolute Gasteiger partial charge is 0.317 e. The molecule has 0 unspecified atom stereocenters. The highest BCUT2D eigenvalue weighted by Gasteiger charge is 2.20. The summed E-state index contributed by atoms with van der Waals surface area (Å²) in [6, 6.07) is 10.1. The Morgan fingerprint density at radius 1 is 1.00 bits per heavy atom. The van der Waals surface area contributed by atoms with Crippen LogP contribution in [0.3, 0.4) is 0 Å². The van der Waals surface area contributed by atoms with Crippen LogP contribution in [0.5, 0.6) is 0 Å². The molecule has 1 aliphatic carbocycles. The lowest BCUT2D eigenvalue weighted by Gasteiger charge is -2.23. The van der Waals surface area contributed by atoms with E-state index < -0.39 is 0 Å². The van der Waals surface area contributed by atoms with Gasteiger partial charge >= 0.3 is 0 Å². The molecule has 1 aromatic carbocycles. The number of nitrogens with one attached hydrogen (secondary N) is 2. The van der Waals surface area contributed by atoms with Crippen molar-refractivity contribution < 1.29 is 0 Å². The van der Waals surface area contributed by atoms with Crippen molar-refractivity contribution in [3.8, 4) is 0 Å². The smallest absolute Gasteiger partial charge is 0.0208 e. The molecule has 1 saturated carbocycles. The van der Waals surface area contributed by atoms with Crippen LogP contribution in [-0.2, 0) is 6.54 Å². The van der Waals surface area contributed by atoms with Crippen molar-refractivity contribution in [1.29, 1.82) is 0 Å². The van der Waals surface area contributed by atoms with Gasteiger partial charge in [-0.25, -0.2) is 0 Å². The minimum Gasteiger partial charge on any atom is -0.317 e. The Kier molecular flexibility index (Phi) is 3.44.